The minimum absolute atomic E-state index is 0.122. The lowest BCUT2D eigenvalue weighted by molar-refractivity contribution is 0.103. The van der Waals surface area contributed by atoms with Crippen LogP contribution in [0, 0.1) is 11.3 Å². The molecule has 0 spiro atoms. The fourth-order valence-electron chi connectivity index (χ4n) is 1.84. The molecule has 2 rings (SSSR count). The Balaban J connectivity index is 2.46. The van der Waals surface area contributed by atoms with Crippen molar-refractivity contribution in [2.75, 3.05) is 0 Å². The number of hydrogen-bond acceptors (Lipinski definition) is 2. The first-order chi connectivity index (χ1) is 9.43. The van der Waals surface area contributed by atoms with Gasteiger partial charge in [0.25, 0.3) is 0 Å². The monoisotopic (exact) mass is 274 g/mol. The summed E-state index contributed by atoms with van der Waals surface area (Å²) < 4.78 is 38.7. The summed E-state index contributed by atoms with van der Waals surface area (Å²) in [5.74, 6) is -0.704. The SMILES string of the molecule is N#Cc1ccc(C(=O)c2ccccc2[B-](F)(F)F)cc1. The van der Waals surface area contributed by atoms with Gasteiger partial charge in [0.05, 0.1) is 11.6 Å². The zero-order valence-electron chi connectivity index (χ0n) is 10.2. The molecule has 0 heterocycles. The van der Waals surface area contributed by atoms with E-state index in [9.17, 15) is 17.7 Å². The highest BCUT2D eigenvalue weighted by atomic mass is 19.4. The predicted octanol–water partition coefficient (Wildman–Crippen LogP) is 2.84. The third-order valence-corrected chi connectivity index (χ3v) is 2.83. The quantitative estimate of drug-likeness (QED) is 0.637. The van der Waals surface area contributed by atoms with Crippen molar-refractivity contribution in [1.29, 1.82) is 5.26 Å². The summed E-state index contributed by atoms with van der Waals surface area (Å²) in [7, 11) is 0. The van der Waals surface area contributed by atoms with Crippen LogP contribution in [0.3, 0.4) is 0 Å². The minimum atomic E-state index is -5.25. The number of nitrogens with zero attached hydrogens (tertiary/aromatic N) is 1. The summed E-state index contributed by atoms with van der Waals surface area (Å²) in [6.45, 7) is -5.25. The zero-order chi connectivity index (χ0) is 14.8. The van der Waals surface area contributed by atoms with E-state index < -0.39 is 18.2 Å². The molecule has 0 saturated heterocycles. The maximum absolute atomic E-state index is 12.9. The lowest BCUT2D eigenvalue weighted by Crippen LogP contribution is -2.38. The van der Waals surface area contributed by atoms with E-state index in [1.807, 2.05) is 6.07 Å². The normalized spacial score (nSPS) is 10.9. The standard InChI is InChI=1S/C14H8BF3NO/c16-15(17,18)13-4-2-1-3-12(13)14(20)11-7-5-10(9-19)6-8-11/h1-8H/q-1. The molecule has 2 aromatic carbocycles. The van der Waals surface area contributed by atoms with Crippen molar-refractivity contribution in [3.05, 3.63) is 65.2 Å². The molecular weight excluding hydrogens is 266 g/mol. The van der Waals surface area contributed by atoms with E-state index in [1.54, 1.807) is 0 Å². The maximum Gasteiger partial charge on any atom is 0.510 e. The molecular formula is C14H8BF3NO-. The Morgan fingerprint density at radius 3 is 2.15 bits per heavy atom. The van der Waals surface area contributed by atoms with Crippen molar-refractivity contribution in [3.63, 3.8) is 0 Å². The van der Waals surface area contributed by atoms with Gasteiger partial charge in [-0.3, -0.25) is 4.79 Å². The molecule has 2 nitrogen and oxygen atoms in total. The van der Waals surface area contributed by atoms with Crippen LogP contribution in [-0.2, 0) is 0 Å². The van der Waals surface area contributed by atoms with E-state index in [0.717, 1.165) is 12.1 Å². The Hall–Kier alpha value is -2.55. The lowest BCUT2D eigenvalue weighted by atomic mass is 9.75. The summed E-state index contributed by atoms with van der Waals surface area (Å²) in [6, 6.07) is 12.1. The van der Waals surface area contributed by atoms with E-state index in [4.69, 9.17) is 5.26 Å². The molecule has 0 atom stereocenters. The number of ketones is 1. The molecule has 20 heavy (non-hydrogen) atoms. The van der Waals surface area contributed by atoms with Crippen molar-refractivity contribution in [2.24, 2.45) is 0 Å². The third-order valence-electron chi connectivity index (χ3n) is 2.83. The van der Waals surface area contributed by atoms with Gasteiger partial charge < -0.3 is 12.9 Å². The number of carbonyl (C=O) groups is 1. The van der Waals surface area contributed by atoms with Gasteiger partial charge in [-0.05, 0) is 29.8 Å². The summed E-state index contributed by atoms with van der Waals surface area (Å²) >= 11 is 0. The average Bonchev–Trinajstić information content (AvgIpc) is 2.46. The van der Waals surface area contributed by atoms with Crippen LogP contribution in [0.5, 0.6) is 0 Å². The van der Waals surface area contributed by atoms with E-state index >= 15 is 0 Å². The number of carbonyl (C=O) groups excluding carboxylic acids is 1. The molecule has 2 aromatic rings. The number of benzene rings is 2. The molecule has 0 aliphatic heterocycles. The van der Waals surface area contributed by atoms with Crippen LogP contribution in [0.1, 0.15) is 21.5 Å². The molecule has 0 radical (unpaired) electrons. The van der Waals surface area contributed by atoms with Crippen molar-refractivity contribution in [3.8, 4) is 6.07 Å². The molecule has 0 amide bonds. The van der Waals surface area contributed by atoms with Gasteiger partial charge in [-0.1, -0.05) is 29.7 Å². The topological polar surface area (TPSA) is 40.9 Å². The molecule has 0 N–H and O–H groups in total. The Morgan fingerprint density at radius 1 is 1.00 bits per heavy atom. The van der Waals surface area contributed by atoms with Crippen LogP contribution in [-0.4, -0.2) is 12.8 Å². The first-order valence-corrected chi connectivity index (χ1v) is 5.77. The average molecular weight is 274 g/mol. The van der Waals surface area contributed by atoms with E-state index in [1.165, 1.54) is 36.4 Å². The highest BCUT2D eigenvalue weighted by Gasteiger charge is 2.30. The number of hydrogen-bond donors (Lipinski definition) is 0. The fraction of sp³-hybridized carbons (Fsp3) is 0. The van der Waals surface area contributed by atoms with Gasteiger partial charge in [0.2, 0.25) is 0 Å². The van der Waals surface area contributed by atoms with Crippen molar-refractivity contribution < 1.29 is 17.7 Å². The molecule has 0 aromatic heterocycles. The summed E-state index contributed by atoms with van der Waals surface area (Å²) in [4.78, 5) is 12.1. The largest absolute Gasteiger partial charge is 0.510 e. The molecule has 0 aliphatic rings. The molecule has 0 aliphatic carbocycles. The van der Waals surface area contributed by atoms with Crippen LogP contribution >= 0.6 is 0 Å². The summed E-state index contributed by atoms with van der Waals surface area (Å²) in [5, 5.41) is 8.65. The highest BCUT2D eigenvalue weighted by molar-refractivity contribution is 6.74. The van der Waals surface area contributed by atoms with Crippen molar-refractivity contribution in [2.45, 2.75) is 0 Å². The van der Waals surface area contributed by atoms with Crippen LogP contribution < -0.4 is 5.46 Å². The first kappa shape index (κ1) is 13.9. The molecule has 0 fully saturated rings. The molecule has 0 unspecified atom stereocenters. The van der Waals surface area contributed by atoms with E-state index in [-0.39, 0.29) is 11.1 Å². The van der Waals surface area contributed by atoms with Crippen molar-refractivity contribution in [1.82, 2.24) is 0 Å². The van der Waals surface area contributed by atoms with Gasteiger partial charge in [0.15, 0.2) is 5.78 Å². The van der Waals surface area contributed by atoms with Crippen LogP contribution in [0.4, 0.5) is 12.9 Å². The summed E-state index contributed by atoms with van der Waals surface area (Å²) in [6.07, 6.45) is 0. The number of nitriles is 1. The van der Waals surface area contributed by atoms with Crippen molar-refractivity contribution >= 4 is 18.2 Å². The van der Waals surface area contributed by atoms with Gasteiger partial charge in [-0.2, -0.15) is 5.26 Å². The zero-order valence-corrected chi connectivity index (χ0v) is 10.2. The number of halogens is 3. The van der Waals surface area contributed by atoms with E-state index in [0.29, 0.717) is 5.56 Å². The third kappa shape index (κ3) is 2.72. The van der Waals surface area contributed by atoms with E-state index in [2.05, 4.69) is 0 Å². The van der Waals surface area contributed by atoms with Gasteiger partial charge >= 0.3 is 6.98 Å². The Bertz CT molecular complexity index is 687. The molecule has 0 bridgehead atoms. The van der Waals surface area contributed by atoms with Crippen LogP contribution in [0.2, 0.25) is 0 Å². The Kier molecular flexibility index (Phi) is 3.62. The predicted molar refractivity (Wildman–Crippen MR) is 69.7 cm³/mol. The first-order valence-electron chi connectivity index (χ1n) is 5.77. The molecule has 6 heteroatoms. The molecule has 100 valence electrons. The molecule has 0 saturated carbocycles. The van der Waals surface area contributed by atoms with Gasteiger partial charge in [0, 0.05) is 5.56 Å². The number of rotatable bonds is 3. The minimum Gasteiger partial charge on any atom is -0.445 e. The van der Waals surface area contributed by atoms with Gasteiger partial charge in [-0.15, -0.1) is 0 Å². The Morgan fingerprint density at radius 2 is 1.60 bits per heavy atom. The second-order valence-corrected chi connectivity index (χ2v) is 4.18. The lowest BCUT2D eigenvalue weighted by Gasteiger charge is -2.18. The maximum atomic E-state index is 12.9. The fourth-order valence-corrected chi connectivity index (χ4v) is 1.84. The van der Waals surface area contributed by atoms with Crippen LogP contribution in [0.25, 0.3) is 0 Å². The smallest absolute Gasteiger partial charge is 0.445 e. The summed E-state index contributed by atoms with van der Waals surface area (Å²) in [5.41, 5.74) is -0.807. The van der Waals surface area contributed by atoms with Crippen LogP contribution in [0.15, 0.2) is 48.5 Å². The van der Waals surface area contributed by atoms with Gasteiger partial charge in [-0.25, -0.2) is 0 Å². The van der Waals surface area contributed by atoms with Gasteiger partial charge in [0.1, 0.15) is 0 Å². The Labute approximate surface area is 113 Å². The highest BCUT2D eigenvalue weighted by Crippen LogP contribution is 2.16. The second-order valence-electron chi connectivity index (χ2n) is 4.18. The second kappa shape index (κ2) is 5.21.